The molecular weight excluding hydrogens is 356 g/mol. The maximum atomic E-state index is 12.3. The summed E-state index contributed by atoms with van der Waals surface area (Å²) in [5.74, 6) is -0.392. The van der Waals surface area contributed by atoms with Crippen LogP contribution in [0.5, 0.6) is 5.88 Å². The summed E-state index contributed by atoms with van der Waals surface area (Å²) < 4.78 is 5.85. The number of hydrogen-bond donors (Lipinski definition) is 2. The van der Waals surface area contributed by atoms with Crippen molar-refractivity contribution in [3.63, 3.8) is 0 Å². The number of nitrogens with zero attached hydrogens (tertiary/aromatic N) is 2. The minimum absolute atomic E-state index is 0.0343. The van der Waals surface area contributed by atoms with Gasteiger partial charge < -0.3 is 15.8 Å². The van der Waals surface area contributed by atoms with E-state index in [-0.39, 0.29) is 23.7 Å². The van der Waals surface area contributed by atoms with Crippen molar-refractivity contribution in [2.75, 3.05) is 0 Å². The normalized spacial score (nSPS) is 19.6. The molecule has 0 unspecified atom stereocenters. The second-order valence-corrected chi connectivity index (χ2v) is 6.56. The first-order chi connectivity index (χ1) is 12.5. The van der Waals surface area contributed by atoms with Crippen molar-refractivity contribution in [3.05, 3.63) is 52.9 Å². The highest BCUT2D eigenvalue weighted by Gasteiger charge is 2.25. The topological polar surface area (TPSA) is 107 Å². The molecule has 1 aliphatic carbocycles. The van der Waals surface area contributed by atoms with Crippen LogP contribution in [0.1, 0.15) is 46.5 Å². The van der Waals surface area contributed by atoms with Gasteiger partial charge in [0.2, 0.25) is 5.88 Å². The van der Waals surface area contributed by atoms with Crippen molar-refractivity contribution in [2.45, 2.75) is 37.8 Å². The monoisotopic (exact) mass is 374 g/mol. The predicted octanol–water partition coefficient (Wildman–Crippen LogP) is 2.35. The predicted molar refractivity (Wildman–Crippen MR) is 96.1 cm³/mol. The van der Waals surface area contributed by atoms with Crippen LogP contribution in [0.3, 0.4) is 0 Å². The molecule has 0 radical (unpaired) electrons. The number of hydrogen-bond acceptors (Lipinski definition) is 5. The summed E-state index contributed by atoms with van der Waals surface area (Å²) in [7, 11) is 0. The molecule has 3 N–H and O–H groups in total. The number of aromatic nitrogens is 2. The Bertz CT molecular complexity index is 789. The SMILES string of the molecule is NC(=O)c1ccc(C(=O)NC2CCC(Oc3ncccc3Cl)CC2)cn1. The molecule has 2 amide bonds. The number of carbonyl (C=O) groups is 2. The Morgan fingerprint density at radius 1 is 1.15 bits per heavy atom. The summed E-state index contributed by atoms with van der Waals surface area (Å²) in [6, 6.07) is 6.55. The molecule has 3 rings (SSSR count). The molecule has 1 fully saturated rings. The Morgan fingerprint density at radius 2 is 1.92 bits per heavy atom. The quantitative estimate of drug-likeness (QED) is 0.835. The van der Waals surface area contributed by atoms with Crippen LogP contribution in [0.4, 0.5) is 0 Å². The number of nitrogens with one attached hydrogen (secondary N) is 1. The van der Waals surface area contributed by atoms with Gasteiger partial charge in [-0.25, -0.2) is 4.98 Å². The highest BCUT2D eigenvalue weighted by molar-refractivity contribution is 6.31. The summed E-state index contributed by atoms with van der Waals surface area (Å²) in [5.41, 5.74) is 5.67. The lowest BCUT2D eigenvalue weighted by atomic mass is 9.92. The molecule has 7 nitrogen and oxygen atoms in total. The molecule has 2 aromatic rings. The van der Waals surface area contributed by atoms with E-state index in [1.807, 2.05) is 0 Å². The van der Waals surface area contributed by atoms with E-state index in [2.05, 4.69) is 15.3 Å². The minimum atomic E-state index is -0.622. The van der Waals surface area contributed by atoms with Gasteiger partial charge in [-0.3, -0.25) is 14.6 Å². The van der Waals surface area contributed by atoms with Gasteiger partial charge in [-0.2, -0.15) is 0 Å². The van der Waals surface area contributed by atoms with Gasteiger partial charge in [0.05, 0.1) is 5.56 Å². The van der Waals surface area contributed by atoms with E-state index in [0.29, 0.717) is 16.5 Å². The van der Waals surface area contributed by atoms with E-state index in [4.69, 9.17) is 22.1 Å². The van der Waals surface area contributed by atoms with Crippen LogP contribution < -0.4 is 15.8 Å². The van der Waals surface area contributed by atoms with Gasteiger partial charge in [-0.05, 0) is 49.9 Å². The molecule has 8 heteroatoms. The van der Waals surface area contributed by atoms with Crippen molar-refractivity contribution in [3.8, 4) is 5.88 Å². The fourth-order valence-electron chi connectivity index (χ4n) is 2.88. The summed E-state index contributed by atoms with van der Waals surface area (Å²) >= 11 is 6.06. The molecule has 0 aliphatic heterocycles. The lowest BCUT2D eigenvalue weighted by molar-refractivity contribution is 0.0888. The van der Waals surface area contributed by atoms with Crippen molar-refractivity contribution < 1.29 is 14.3 Å². The van der Waals surface area contributed by atoms with Gasteiger partial charge in [-0.15, -0.1) is 0 Å². The van der Waals surface area contributed by atoms with Crippen LogP contribution in [0.15, 0.2) is 36.7 Å². The lowest BCUT2D eigenvalue weighted by Crippen LogP contribution is -2.39. The zero-order valence-corrected chi connectivity index (χ0v) is 14.8. The third-order valence-corrected chi connectivity index (χ3v) is 4.58. The van der Waals surface area contributed by atoms with Crippen LogP contribution >= 0.6 is 11.6 Å². The number of amides is 2. The van der Waals surface area contributed by atoms with Gasteiger partial charge in [0.1, 0.15) is 16.8 Å². The van der Waals surface area contributed by atoms with Crippen LogP contribution in [-0.4, -0.2) is 33.9 Å². The van der Waals surface area contributed by atoms with Gasteiger partial charge >= 0.3 is 0 Å². The van der Waals surface area contributed by atoms with Crippen molar-refractivity contribution in [1.82, 2.24) is 15.3 Å². The molecule has 0 aromatic carbocycles. The Balaban J connectivity index is 1.50. The smallest absolute Gasteiger partial charge is 0.267 e. The number of halogens is 1. The highest BCUT2D eigenvalue weighted by atomic mass is 35.5. The first-order valence-corrected chi connectivity index (χ1v) is 8.74. The number of nitrogens with two attached hydrogens (primary N) is 1. The summed E-state index contributed by atoms with van der Waals surface area (Å²) in [6.45, 7) is 0. The molecular formula is C18H19ClN4O3. The van der Waals surface area contributed by atoms with Crippen molar-refractivity contribution in [2.24, 2.45) is 5.73 Å². The first-order valence-electron chi connectivity index (χ1n) is 8.37. The number of rotatable bonds is 5. The molecule has 0 saturated heterocycles. The molecule has 26 heavy (non-hydrogen) atoms. The van der Waals surface area contributed by atoms with Crippen molar-refractivity contribution >= 4 is 23.4 Å². The van der Waals surface area contributed by atoms with E-state index < -0.39 is 5.91 Å². The summed E-state index contributed by atoms with van der Waals surface area (Å²) in [6.07, 6.45) is 6.24. The zero-order chi connectivity index (χ0) is 18.5. The van der Waals surface area contributed by atoms with Crippen LogP contribution in [-0.2, 0) is 0 Å². The van der Waals surface area contributed by atoms with Gasteiger partial charge in [0, 0.05) is 18.4 Å². The van der Waals surface area contributed by atoms with E-state index >= 15 is 0 Å². The third-order valence-electron chi connectivity index (χ3n) is 4.29. The molecule has 136 valence electrons. The Kier molecular flexibility index (Phi) is 5.68. The maximum absolute atomic E-state index is 12.3. The molecule has 2 heterocycles. The fraction of sp³-hybridized carbons (Fsp3) is 0.333. The summed E-state index contributed by atoms with van der Waals surface area (Å²) in [4.78, 5) is 31.3. The number of primary amides is 1. The second kappa shape index (κ2) is 8.14. The van der Waals surface area contributed by atoms with Gasteiger partial charge in [0.25, 0.3) is 11.8 Å². The molecule has 0 bridgehead atoms. The number of ether oxygens (including phenoxy) is 1. The van der Waals surface area contributed by atoms with E-state index in [1.165, 1.54) is 12.3 Å². The summed E-state index contributed by atoms with van der Waals surface area (Å²) in [5, 5.41) is 3.48. The third kappa shape index (κ3) is 4.49. The molecule has 1 saturated carbocycles. The lowest BCUT2D eigenvalue weighted by Gasteiger charge is -2.29. The van der Waals surface area contributed by atoms with E-state index in [1.54, 1.807) is 24.4 Å². The minimum Gasteiger partial charge on any atom is -0.473 e. The standard InChI is InChI=1S/C18H19ClN4O3/c19-14-2-1-9-21-18(14)26-13-6-4-12(5-7-13)23-17(25)11-3-8-15(16(20)24)22-10-11/h1-3,8-10,12-13H,4-7H2,(H2,20,24)(H,23,25). The molecule has 2 aromatic heterocycles. The maximum Gasteiger partial charge on any atom is 0.267 e. The Labute approximate surface area is 155 Å². The largest absolute Gasteiger partial charge is 0.473 e. The fourth-order valence-corrected chi connectivity index (χ4v) is 3.05. The molecule has 1 aliphatic rings. The van der Waals surface area contributed by atoms with Crippen LogP contribution in [0.2, 0.25) is 5.02 Å². The number of pyridine rings is 2. The van der Waals surface area contributed by atoms with Gasteiger partial charge in [-0.1, -0.05) is 11.6 Å². The highest BCUT2D eigenvalue weighted by Crippen LogP contribution is 2.27. The average Bonchev–Trinajstić information content (AvgIpc) is 2.65. The van der Waals surface area contributed by atoms with Gasteiger partial charge in [0.15, 0.2) is 0 Å². The average molecular weight is 375 g/mol. The number of carbonyl (C=O) groups excluding carboxylic acids is 2. The van der Waals surface area contributed by atoms with E-state index in [0.717, 1.165) is 25.7 Å². The zero-order valence-electron chi connectivity index (χ0n) is 14.0. The molecule has 0 spiro atoms. The van der Waals surface area contributed by atoms with Crippen LogP contribution in [0.25, 0.3) is 0 Å². The Hall–Kier alpha value is -2.67. The molecule has 0 atom stereocenters. The van der Waals surface area contributed by atoms with Crippen LogP contribution in [0, 0.1) is 0 Å². The van der Waals surface area contributed by atoms with Crippen molar-refractivity contribution in [1.29, 1.82) is 0 Å². The first kappa shape index (κ1) is 18.1. The Morgan fingerprint density at radius 3 is 2.54 bits per heavy atom. The second-order valence-electron chi connectivity index (χ2n) is 6.15. The van der Waals surface area contributed by atoms with E-state index in [9.17, 15) is 9.59 Å².